The van der Waals surface area contributed by atoms with Crippen LogP contribution in [0.5, 0.6) is 0 Å². The van der Waals surface area contributed by atoms with Gasteiger partial charge in [-0.15, -0.1) is 0 Å². The Labute approximate surface area is 102 Å². The fourth-order valence-corrected chi connectivity index (χ4v) is 1.98. The van der Waals surface area contributed by atoms with Crippen molar-refractivity contribution in [2.45, 2.75) is 6.42 Å². The molecule has 1 aliphatic rings. The van der Waals surface area contributed by atoms with E-state index in [0.717, 1.165) is 30.9 Å². The summed E-state index contributed by atoms with van der Waals surface area (Å²) in [7, 11) is 3.98. The predicted octanol–water partition coefficient (Wildman–Crippen LogP) is 1.30. The molecular formula is C13H19N3O. The van der Waals surface area contributed by atoms with Gasteiger partial charge in [0.05, 0.1) is 5.92 Å². The highest BCUT2D eigenvalue weighted by Crippen LogP contribution is 2.18. The zero-order valence-corrected chi connectivity index (χ0v) is 10.4. The molecule has 0 aliphatic carbocycles. The first kappa shape index (κ1) is 11.9. The number of carbonyl (C=O) groups excluding carboxylic acids is 1. The molecule has 4 nitrogen and oxygen atoms in total. The van der Waals surface area contributed by atoms with E-state index >= 15 is 0 Å². The number of rotatable bonds is 3. The normalized spacial score (nSPS) is 19.1. The first-order chi connectivity index (χ1) is 8.16. The van der Waals surface area contributed by atoms with E-state index < -0.39 is 0 Å². The smallest absolute Gasteiger partial charge is 0.228 e. The van der Waals surface area contributed by atoms with E-state index in [9.17, 15) is 4.79 Å². The summed E-state index contributed by atoms with van der Waals surface area (Å²) in [4.78, 5) is 14.0. The molecule has 17 heavy (non-hydrogen) atoms. The van der Waals surface area contributed by atoms with E-state index in [2.05, 4.69) is 10.6 Å². The van der Waals surface area contributed by atoms with Crippen LogP contribution in [0.4, 0.5) is 11.4 Å². The molecular weight excluding hydrogens is 214 g/mol. The molecule has 2 N–H and O–H groups in total. The highest BCUT2D eigenvalue weighted by molar-refractivity contribution is 5.93. The van der Waals surface area contributed by atoms with Gasteiger partial charge in [0.2, 0.25) is 5.91 Å². The van der Waals surface area contributed by atoms with Gasteiger partial charge in [-0.2, -0.15) is 0 Å². The molecule has 0 radical (unpaired) electrons. The number of benzene rings is 1. The molecule has 0 spiro atoms. The van der Waals surface area contributed by atoms with Gasteiger partial charge in [-0.05, 0) is 31.2 Å². The van der Waals surface area contributed by atoms with Crippen molar-refractivity contribution >= 4 is 17.3 Å². The molecule has 1 aromatic rings. The average Bonchev–Trinajstić information content (AvgIpc) is 2.82. The molecule has 1 aliphatic heterocycles. The molecule has 92 valence electrons. The lowest BCUT2D eigenvalue weighted by Gasteiger charge is -2.15. The topological polar surface area (TPSA) is 44.4 Å². The molecule has 1 atom stereocenters. The predicted molar refractivity (Wildman–Crippen MR) is 70.4 cm³/mol. The summed E-state index contributed by atoms with van der Waals surface area (Å²) in [6, 6.07) is 7.89. The molecule has 1 unspecified atom stereocenters. The van der Waals surface area contributed by atoms with E-state index in [-0.39, 0.29) is 11.8 Å². The minimum atomic E-state index is 0.109. The van der Waals surface area contributed by atoms with Crippen molar-refractivity contribution in [2.75, 3.05) is 37.4 Å². The molecule has 0 saturated carbocycles. The van der Waals surface area contributed by atoms with E-state index in [1.54, 1.807) is 0 Å². The molecule has 0 bridgehead atoms. The van der Waals surface area contributed by atoms with Gasteiger partial charge in [0, 0.05) is 32.0 Å². The Balaban J connectivity index is 2.02. The first-order valence-corrected chi connectivity index (χ1v) is 5.96. The molecule has 1 fully saturated rings. The Morgan fingerprint density at radius 3 is 2.94 bits per heavy atom. The SMILES string of the molecule is CN(C)c1cccc(NC(=O)C2CCNC2)c1. The number of nitrogens with one attached hydrogen (secondary N) is 2. The Morgan fingerprint density at radius 2 is 2.29 bits per heavy atom. The summed E-state index contributed by atoms with van der Waals surface area (Å²) in [5, 5.41) is 6.17. The van der Waals surface area contributed by atoms with Crippen LogP contribution in [0.2, 0.25) is 0 Å². The zero-order valence-electron chi connectivity index (χ0n) is 10.4. The van der Waals surface area contributed by atoms with E-state index in [4.69, 9.17) is 0 Å². The third-order valence-electron chi connectivity index (χ3n) is 3.06. The first-order valence-electron chi connectivity index (χ1n) is 5.96. The Kier molecular flexibility index (Phi) is 3.64. The van der Waals surface area contributed by atoms with Gasteiger partial charge in [0.15, 0.2) is 0 Å². The minimum Gasteiger partial charge on any atom is -0.378 e. The zero-order chi connectivity index (χ0) is 12.3. The number of hydrogen-bond donors (Lipinski definition) is 2. The summed E-state index contributed by atoms with van der Waals surface area (Å²) in [5.41, 5.74) is 1.96. The number of nitrogens with zero attached hydrogens (tertiary/aromatic N) is 1. The van der Waals surface area contributed by atoms with Crippen LogP contribution < -0.4 is 15.5 Å². The number of anilines is 2. The number of hydrogen-bond acceptors (Lipinski definition) is 3. The second-order valence-corrected chi connectivity index (χ2v) is 4.62. The van der Waals surface area contributed by atoms with Crippen molar-refractivity contribution in [1.29, 1.82) is 0 Å². The van der Waals surface area contributed by atoms with Gasteiger partial charge in [0.25, 0.3) is 0 Å². The molecule has 4 heteroatoms. The maximum Gasteiger partial charge on any atom is 0.228 e. The van der Waals surface area contributed by atoms with Crippen LogP contribution in [-0.4, -0.2) is 33.1 Å². The Hall–Kier alpha value is -1.55. The van der Waals surface area contributed by atoms with Gasteiger partial charge in [-0.1, -0.05) is 6.07 Å². The van der Waals surface area contributed by atoms with Crippen molar-refractivity contribution in [2.24, 2.45) is 5.92 Å². The molecule has 1 amide bonds. The summed E-state index contributed by atoms with van der Waals surface area (Å²) in [5.74, 6) is 0.226. The minimum absolute atomic E-state index is 0.109. The van der Waals surface area contributed by atoms with Crippen molar-refractivity contribution in [3.63, 3.8) is 0 Å². The lowest BCUT2D eigenvalue weighted by molar-refractivity contribution is -0.119. The van der Waals surface area contributed by atoms with Crippen LogP contribution in [0.25, 0.3) is 0 Å². The van der Waals surface area contributed by atoms with Crippen molar-refractivity contribution in [1.82, 2.24) is 5.32 Å². The van der Waals surface area contributed by atoms with Crippen LogP contribution in [0.1, 0.15) is 6.42 Å². The van der Waals surface area contributed by atoms with Crippen LogP contribution in [-0.2, 0) is 4.79 Å². The third kappa shape index (κ3) is 2.97. The van der Waals surface area contributed by atoms with E-state index in [1.807, 2.05) is 43.3 Å². The van der Waals surface area contributed by atoms with Gasteiger partial charge >= 0.3 is 0 Å². The van der Waals surface area contributed by atoms with Crippen LogP contribution >= 0.6 is 0 Å². The summed E-state index contributed by atoms with van der Waals surface area (Å²) < 4.78 is 0. The maximum absolute atomic E-state index is 11.9. The van der Waals surface area contributed by atoms with Crippen LogP contribution in [0, 0.1) is 5.92 Å². The molecule has 1 aromatic carbocycles. The van der Waals surface area contributed by atoms with Crippen molar-refractivity contribution in [3.8, 4) is 0 Å². The quantitative estimate of drug-likeness (QED) is 0.827. The van der Waals surface area contributed by atoms with Crippen LogP contribution in [0.3, 0.4) is 0 Å². The molecule has 1 heterocycles. The maximum atomic E-state index is 11.9. The fraction of sp³-hybridized carbons (Fsp3) is 0.462. The highest BCUT2D eigenvalue weighted by Gasteiger charge is 2.22. The lowest BCUT2D eigenvalue weighted by Crippen LogP contribution is -2.24. The third-order valence-corrected chi connectivity index (χ3v) is 3.06. The molecule has 2 rings (SSSR count). The number of carbonyl (C=O) groups is 1. The average molecular weight is 233 g/mol. The fourth-order valence-electron chi connectivity index (χ4n) is 1.98. The highest BCUT2D eigenvalue weighted by atomic mass is 16.1. The molecule has 0 aromatic heterocycles. The summed E-state index contributed by atoms with van der Waals surface area (Å²) >= 11 is 0. The van der Waals surface area contributed by atoms with E-state index in [0.29, 0.717) is 0 Å². The van der Waals surface area contributed by atoms with Gasteiger partial charge in [-0.3, -0.25) is 4.79 Å². The van der Waals surface area contributed by atoms with Crippen molar-refractivity contribution < 1.29 is 4.79 Å². The van der Waals surface area contributed by atoms with Crippen LogP contribution in [0.15, 0.2) is 24.3 Å². The Bertz CT molecular complexity index is 397. The Morgan fingerprint density at radius 1 is 1.47 bits per heavy atom. The largest absolute Gasteiger partial charge is 0.378 e. The van der Waals surface area contributed by atoms with Gasteiger partial charge in [-0.25, -0.2) is 0 Å². The van der Waals surface area contributed by atoms with Gasteiger partial charge in [0.1, 0.15) is 0 Å². The standard InChI is InChI=1S/C13H19N3O/c1-16(2)12-5-3-4-11(8-12)15-13(17)10-6-7-14-9-10/h3-5,8,10,14H,6-7,9H2,1-2H3,(H,15,17). The number of amides is 1. The summed E-state index contributed by atoms with van der Waals surface area (Å²) in [6.07, 6.45) is 0.930. The lowest BCUT2D eigenvalue weighted by atomic mass is 10.1. The summed E-state index contributed by atoms with van der Waals surface area (Å²) in [6.45, 7) is 1.73. The second kappa shape index (κ2) is 5.19. The van der Waals surface area contributed by atoms with Gasteiger partial charge < -0.3 is 15.5 Å². The molecule has 1 saturated heterocycles. The van der Waals surface area contributed by atoms with E-state index in [1.165, 1.54) is 0 Å². The second-order valence-electron chi connectivity index (χ2n) is 4.62. The monoisotopic (exact) mass is 233 g/mol. The van der Waals surface area contributed by atoms with Crippen molar-refractivity contribution in [3.05, 3.63) is 24.3 Å².